The quantitative estimate of drug-likeness (QED) is 0.498. The number of nitrogens with zero attached hydrogens (tertiary/aromatic N) is 3. The maximum Gasteiger partial charge on any atom is 0.189 e. The zero-order valence-corrected chi connectivity index (χ0v) is 10.3. The molecule has 0 spiro atoms. The lowest BCUT2D eigenvalue weighted by Gasteiger charge is -1.98. The molecule has 0 unspecified atom stereocenters. The molecule has 2 heterocycles. The number of hydrogen-bond donors (Lipinski definition) is 2. The van der Waals surface area contributed by atoms with Gasteiger partial charge in [-0.05, 0) is 26.0 Å². The van der Waals surface area contributed by atoms with E-state index in [1.807, 2.05) is 25.1 Å². The standard InChI is InChI=1S/C11H12N4OS/c1-7-10(8(2)15-16)17-11(13-7)14-9-5-3-4-6-12-9/h3-6,16H,1-2H3,(H,12,13,14). The molecule has 0 aliphatic heterocycles. The van der Waals surface area contributed by atoms with Gasteiger partial charge in [-0.2, -0.15) is 0 Å². The van der Waals surface area contributed by atoms with E-state index >= 15 is 0 Å². The van der Waals surface area contributed by atoms with Gasteiger partial charge in [0.15, 0.2) is 5.13 Å². The van der Waals surface area contributed by atoms with E-state index < -0.39 is 0 Å². The summed E-state index contributed by atoms with van der Waals surface area (Å²) in [6.45, 7) is 3.62. The summed E-state index contributed by atoms with van der Waals surface area (Å²) in [5, 5.41) is 15.8. The van der Waals surface area contributed by atoms with E-state index in [1.165, 1.54) is 11.3 Å². The molecule has 5 nitrogen and oxygen atoms in total. The summed E-state index contributed by atoms with van der Waals surface area (Å²) in [6, 6.07) is 5.62. The van der Waals surface area contributed by atoms with E-state index in [-0.39, 0.29) is 0 Å². The fourth-order valence-electron chi connectivity index (χ4n) is 1.38. The van der Waals surface area contributed by atoms with Gasteiger partial charge in [-0.15, -0.1) is 0 Å². The van der Waals surface area contributed by atoms with E-state index in [9.17, 15) is 0 Å². The molecule has 0 radical (unpaired) electrons. The molecule has 2 aromatic heterocycles. The molecule has 0 aliphatic carbocycles. The van der Waals surface area contributed by atoms with Gasteiger partial charge >= 0.3 is 0 Å². The molecule has 0 amide bonds. The van der Waals surface area contributed by atoms with Crippen LogP contribution in [0.3, 0.4) is 0 Å². The van der Waals surface area contributed by atoms with Crippen molar-refractivity contribution in [2.24, 2.45) is 5.16 Å². The summed E-state index contributed by atoms with van der Waals surface area (Å²) in [5.74, 6) is 0.742. The van der Waals surface area contributed by atoms with Crippen molar-refractivity contribution in [2.75, 3.05) is 5.32 Å². The van der Waals surface area contributed by atoms with Crippen LogP contribution in [0.5, 0.6) is 0 Å². The van der Waals surface area contributed by atoms with Gasteiger partial charge in [-0.3, -0.25) is 0 Å². The number of aryl methyl sites for hydroxylation is 1. The Hall–Kier alpha value is -1.95. The molecule has 2 aromatic rings. The average molecular weight is 248 g/mol. The van der Waals surface area contributed by atoms with Crippen molar-refractivity contribution < 1.29 is 5.21 Å². The van der Waals surface area contributed by atoms with Gasteiger partial charge in [0.1, 0.15) is 5.82 Å². The minimum absolute atomic E-state index is 0.564. The van der Waals surface area contributed by atoms with Crippen molar-refractivity contribution >= 4 is 28.0 Å². The Labute approximate surface area is 103 Å². The molecular weight excluding hydrogens is 236 g/mol. The van der Waals surface area contributed by atoms with Crippen LogP contribution >= 0.6 is 11.3 Å². The van der Waals surface area contributed by atoms with Gasteiger partial charge in [0.05, 0.1) is 16.3 Å². The molecule has 0 atom stereocenters. The molecule has 2 rings (SSSR count). The minimum Gasteiger partial charge on any atom is -0.411 e. The number of hydrogen-bond acceptors (Lipinski definition) is 6. The lowest BCUT2D eigenvalue weighted by Crippen LogP contribution is -1.92. The van der Waals surface area contributed by atoms with E-state index in [0.29, 0.717) is 5.71 Å². The molecule has 0 saturated heterocycles. The third-order valence-electron chi connectivity index (χ3n) is 2.18. The second-order valence-corrected chi connectivity index (χ2v) is 4.46. The van der Waals surface area contributed by atoms with Crippen molar-refractivity contribution in [2.45, 2.75) is 13.8 Å². The summed E-state index contributed by atoms with van der Waals surface area (Å²) >= 11 is 1.43. The second-order valence-electron chi connectivity index (χ2n) is 3.46. The van der Waals surface area contributed by atoms with Crippen molar-refractivity contribution in [1.29, 1.82) is 0 Å². The van der Waals surface area contributed by atoms with E-state index in [0.717, 1.165) is 21.5 Å². The highest BCUT2D eigenvalue weighted by atomic mass is 32.1. The third-order valence-corrected chi connectivity index (χ3v) is 3.36. The Bertz CT molecular complexity index is 536. The normalized spacial score (nSPS) is 11.5. The molecule has 17 heavy (non-hydrogen) atoms. The Morgan fingerprint density at radius 2 is 2.29 bits per heavy atom. The number of aromatic nitrogens is 2. The molecular formula is C11H12N4OS. The molecule has 6 heteroatoms. The highest BCUT2D eigenvalue weighted by molar-refractivity contribution is 7.17. The van der Waals surface area contributed by atoms with E-state index in [2.05, 4.69) is 20.4 Å². The smallest absolute Gasteiger partial charge is 0.189 e. The number of thiazole rings is 1. The van der Waals surface area contributed by atoms with Crippen LogP contribution in [-0.4, -0.2) is 20.9 Å². The maximum absolute atomic E-state index is 8.75. The van der Waals surface area contributed by atoms with Crippen LogP contribution in [-0.2, 0) is 0 Å². The maximum atomic E-state index is 8.75. The molecule has 88 valence electrons. The number of nitrogens with one attached hydrogen (secondary N) is 1. The monoisotopic (exact) mass is 248 g/mol. The van der Waals surface area contributed by atoms with Gasteiger partial charge in [0.2, 0.25) is 0 Å². The first-order valence-corrected chi connectivity index (χ1v) is 5.87. The van der Waals surface area contributed by atoms with Gasteiger partial charge in [-0.1, -0.05) is 22.6 Å². The number of pyridine rings is 1. The summed E-state index contributed by atoms with van der Waals surface area (Å²) in [4.78, 5) is 9.37. The van der Waals surface area contributed by atoms with Crippen molar-refractivity contribution in [3.05, 3.63) is 35.0 Å². The SMILES string of the molecule is CC(=NO)c1sc(Nc2ccccn2)nc1C. The Morgan fingerprint density at radius 3 is 2.94 bits per heavy atom. The highest BCUT2D eigenvalue weighted by Crippen LogP contribution is 2.25. The summed E-state index contributed by atoms with van der Waals surface area (Å²) in [5.41, 5.74) is 1.40. The third kappa shape index (κ3) is 2.59. The van der Waals surface area contributed by atoms with Crippen LogP contribution in [0.2, 0.25) is 0 Å². The van der Waals surface area contributed by atoms with Crippen LogP contribution in [0.1, 0.15) is 17.5 Å². The van der Waals surface area contributed by atoms with Gasteiger partial charge < -0.3 is 10.5 Å². The first-order chi connectivity index (χ1) is 8.20. The van der Waals surface area contributed by atoms with Crippen LogP contribution < -0.4 is 5.32 Å². The minimum atomic E-state index is 0.564. The zero-order chi connectivity index (χ0) is 12.3. The molecule has 0 aromatic carbocycles. The molecule has 0 aliphatic rings. The van der Waals surface area contributed by atoms with E-state index in [1.54, 1.807) is 13.1 Å². The Kier molecular flexibility index (Phi) is 3.34. The Balaban J connectivity index is 2.24. The second kappa shape index (κ2) is 4.92. The fourth-order valence-corrected chi connectivity index (χ4v) is 2.29. The lowest BCUT2D eigenvalue weighted by atomic mass is 10.3. The lowest BCUT2D eigenvalue weighted by molar-refractivity contribution is 0.319. The molecule has 0 saturated carbocycles. The number of rotatable bonds is 3. The topological polar surface area (TPSA) is 70.4 Å². The van der Waals surface area contributed by atoms with Crippen molar-refractivity contribution in [1.82, 2.24) is 9.97 Å². The predicted molar refractivity (Wildman–Crippen MR) is 68.4 cm³/mol. The molecule has 0 fully saturated rings. The summed E-state index contributed by atoms with van der Waals surface area (Å²) in [6.07, 6.45) is 1.71. The summed E-state index contributed by atoms with van der Waals surface area (Å²) < 4.78 is 0. The van der Waals surface area contributed by atoms with Gasteiger partial charge in [-0.25, -0.2) is 9.97 Å². The van der Waals surface area contributed by atoms with Gasteiger partial charge in [0.25, 0.3) is 0 Å². The average Bonchev–Trinajstić information content (AvgIpc) is 2.70. The van der Waals surface area contributed by atoms with Crippen molar-refractivity contribution in [3.8, 4) is 0 Å². The highest BCUT2D eigenvalue weighted by Gasteiger charge is 2.10. The van der Waals surface area contributed by atoms with Gasteiger partial charge in [0, 0.05) is 6.20 Å². The van der Waals surface area contributed by atoms with Crippen molar-refractivity contribution in [3.63, 3.8) is 0 Å². The first kappa shape index (κ1) is 11.5. The number of anilines is 2. The van der Waals surface area contributed by atoms with Crippen LogP contribution in [0.4, 0.5) is 10.9 Å². The van der Waals surface area contributed by atoms with E-state index in [4.69, 9.17) is 5.21 Å². The van der Waals surface area contributed by atoms with Crippen LogP contribution in [0.15, 0.2) is 29.6 Å². The molecule has 2 N–H and O–H groups in total. The summed E-state index contributed by atoms with van der Waals surface area (Å²) in [7, 11) is 0. The fraction of sp³-hybridized carbons (Fsp3) is 0.182. The van der Waals surface area contributed by atoms with Crippen LogP contribution in [0, 0.1) is 6.92 Å². The zero-order valence-electron chi connectivity index (χ0n) is 9.51. The predicted octanol–water partition coefficient (Wildman–Crippen LogP) is 2.79. The van der Waals surface area contributed by atoms with Crippen LogP contribution in [0.25, 0.3) is 0 Å². The largest absolute Gasteiger partial charge is 0.411 e. The first-order valence-electron chi connectivity index (χ1n) is 5.05. The number of oxime groups is 1. The Morgan fingerprint density at radius 1 is 1.47 bits per heavy atom. The molecule has 0 bridgehead atoms.